The van der Waals surface area contributed by atoms with Crippen molar-refractivity contribution in [3.05, 3.63) is 28.3 Å². The molecule has 1 aromatic carbocycles. The highest BCUT2D eigenvalue weighted by Crippen LogP contribution is 2.34. The lowest BCUT2D eigenvalue weighted by atomic mass is 10.2. The number of nitrogens with one attached hydrogen (secondary N) is 1. The first-order chi connectivity index (χ1) is 8.06. The van der Waals surface area contributed by atoms with Crippen LogP contribution in [0.2, 0.25) is 0 Å². The largest absolute Gasteiger partial charge is 0.490 e. The third-order valence-electron chi connectivity index (χ3n) is 2.11. The van der Waals surface area contributed by atoms with Crippen LogP contribution in [0.3, 0.4) is 0 Å². The summed E-state index contributed by atoms with van der Waals surface area (Å²) in [6.07, 6.45) is 1.58. The van der Waals surface area contributed by atoms with Crippen LogP contribution in [0, 0.1) is 10.1 Å². The molecule has 1 N–H and O–H groups in total. The summed E-state index contributed by atoms with van der Waals surface area (Å²) < 4.78 is 15.8. The molecule has 0 radical (unpaired) electrons. The highest BCUT2D eigenvalue weighted by molar-refractivity contribution is 7.84. The number of rotatable bonds is 6. The highest BCUT2D eigenvalue weighted by Gasteiger charge is 2.19. The summed E-state index contributed by atoms with van der Waals surface area (Å²) in [5.74, 6) is 0.645. The molecule has 94 valence electrons. The summed E-state index contributed by atoms with van der Waals surface area (Å²) in [5, 5.41) is 13.8. The maximum atomic E-state index is 10.9. The van der Waals surface area contributed by atoms with E-state index in [1.54, 1.807) is 18.4 Å². The van der Waals surface area contributed by atoms with Gasteiger partial charge in [0.15, 0.2) is 5.75 Å². The van der Waals surface area contributed by atoms with Crippen molar-refractivity contribution in [3.63, 3.8) is 0 Å². The van der Waals surface area contributed by atoms with Crippen LogP contribution in [0.1, 0.15) is 0 Å². The van der Waals surface area contributed by atoms with Gasteiger partial charge >= 0.3 is 5.69 Å². The second-order valence-corrected chi connectivity index (χ2v) is 4.87. The van der Waals surface area contributed by atoms with E-state index in [9.17, 15) is 14.3 Å². The van der Waals surface area contributed by atoms with Gasteiger partial charge in [0.25, 0.3) is 0 Å². The Morgan fingerprint density at radius 1 is 1.53 bits per heavy atom. The molecule has 0 saturated heterocycles. The van der Waals surface area contributed by atoms with E-state index < -0.39 is 15.7 Å². The summed E-state index contributed by atoms with van der Waals surface area (Å²) in [5.41, 5.74) is 0.275. The number of nitro benzene ring substituents is 1. The molecule has 7 heteroatoms. The van der Waals surface area contributed by atoms with E-state index in [1.165, 1.54) is 13.2 Å². The summed E-state index contributed by atoms with van der Waals surface area (Å²) in [6.45, 7) is 0.414. The van der Waals surface area contributed by atoms with Crippen molar-refractivity contribution in [3.8, 4) is 5.75 Å². The fourth-order valence-electron chi connectivity index (χ4n) is 1.35. The number of para-hydroxylation sites is 1. The predicted molar refractivity (Wildman–Crippen MR) is 67.1 cm³/mol. The Balaban J connectivity index is 2.90. The minimum atomic E-state index is -0.927. The summed E-state index contributed by atoms with van der Waals surface area (Å²) in [7, 11) is 0.455. The zero-order valence-corrected chi connectivity index (χ0v) is 10.5. The molecule has 1 rings (SSSR count). The van der Waals surface area contributed by atoms with Gasteiger partial charge in [-0.15, -0.1) is 0 Å². The fraction of sp³-hybridized carbons (Fsp3) is 0.400. The minimum Gasteiger partial charge on any atom is -0.490 e. The molecular weight excluding hydrogens is 244 g/mol. The van der Waals surface area contributed by atoms with Gasteiger partial charge in [-0.25, -0.2) is 0 Å². The number of nitro groups is 1. The quantitative estimate of drug-likeness (QED) is 0.616. The van der Waals surface area contributed by atoms with Gasteiger partial charge in [-0.3, -0.25) is 14.3 Å². The van der Waals surface area contributed by atoms with Gasteiger partial charge in [0.1, 0.15) is 5.69 Å². The zero-order chi connectivity index (χ0) is 12.8. The maximum Gasteiger partial charge on any atom is 0.333 e. The van der Waals surface area contributed by atoms with E-state index in [4.69, 9.17) is 4.74 Å². The third-order valence-corrected chi connectivity index (χ3v) is 2.89. The molecule has 1 atom stereocenters. The normalized spacial score (nSPS) is 11.9. The standard InChI is InChI=1S/C10H14N2O4S/c1-16-9-5-3-4-8(10(9)12(13)14)11-6-7-17(2)15/h3-5,11H,6-7H2,1-2H3. The lowest BCUT2D eigenvalue weighted by Gasteiger charge is -2.08. The maximum absolute atomic E-state index is 10.9. The van der Waals surface area contributed by atoms with E-state index in [0.29, 0.717) is 18.0 Å². The van der Waals surface area contributed by atoms with Gasteiger partial charge in [-0.05, 0) is 12.1 Å². The van der Waals surface area contributed by atoms with E-state index in [0.717, 1.165) is 0 Å². The van der Waals surface area contributed by atoms with Crippen LogP contribution in [-0.2, 0) is 10.8 Å². The second kappa shape index (κ2) is 6.19. The predicted octanol–water partition coefficient (Wildman–Crippen LogP) is 1.39. The summed E-state index contributed by atoms with van der Waals surface area (Å²) in [4.78, 5) is 10.4. The second-order valence-electron chi connectivity index (χ2n) is 3.32. The molecule has 0 aliphatic heterocycles. The Kier molecular flexibility index (Phi) is 4.89. The molecule has 1 unspecified atom stereocenters. The van der Waals surface area contributed by atoms with Gasteiger partial charge < -0.3 is 10.1 Å². The van der Waals surface area contributed by atoms with Crippen LogP contribution in [0.25, 0.3) is 0 Å². The SMILES string of the molecule is COc1cccc(NCCS(C)=O)c1[N+](=O)[O-]. The number of nitrogens with zero attached hydrogens (tertiary/aromatic N) is 1. The molecule has 0 aromatic heterocycles. The fourth-order valence-corrected chi connectivity index (χ4v) is 1.74. The Bertz CT molecular complexity index is 436. The highest BCUT2D eigenvalue weighted by atomic mass is 32.2. The first-order valence-electron chi connectivity index (χ1n) is 4.91. The molecule has 1 aromatic rings. The number of benzene rings is 1. The molecule has 0 fully saturated rings. The third kappa shape index (κ3) is 3.70. The van der Waals surface area contributed by atoms with Crippen LogP contribution >= 0.6 is 0 Å². The van der Waals surface area contributed by atoms with E-state index in [2.05, 4.69) is 5.32 Å². The van der Waals surface area contributed by atoms with Crippen molar-refractivity contribution < 1.29 is 13.9 Å². The minimum absolute atomic E-state index is 0.100. The Morgan fingerprint density at radius 3 is 2.76 bits per heavy atom. The number of hydrogen-bond donors (Lipinski definition) is 1. The van der Waals surface area contributed by atoms with Gasteiger partial charge in [-0.2, -0.15) is 0 Å². The van der Waals surface area contributed by atoms with Crippen molar-refractivity contribution in [2.24, 2.45) is 0 Å². The summed E-state index contributed by atoms with van der Waals surface area (Å²) >= 11 is 0. The smallest absolute Gasteiger partial charge is 0.333 e. The number of methoxy groups -OCH3 is 1. The van der Waals surface area contributed by atoms with Crippen LogP contribution < -0.4 is 10.1 Å². The molecule has 0 spiro atoms. The first kappa shape index (κ1) is 13.4. The van der Waals surface area contributed by atoms with Crippen molar-refractivity contribution in [2.75, 3.05) is 31.0 Å². The van der Waals surface area contributed by atoms with Gasteiger partial charge in [-0.1, -0.05) is 6.07 Å². The molecule has 0 aliphatic rings. The van der Waals surface area contributed by atoms with Crippen LogP contribution in [-0.4, -0.2) is 34.8 Å². The molecular formula is C10H14N2O4S. The lowest BCUT2D eigenvalue weighted by molar-refractivity contribution is -0.384. The average molecular weight is 258 g/mol. The van der Waals surface area contributed by atoms with Crippen LogP contribution in [0.4, 0.5) is 11.4 Å². The van der Waals surface area contributed by atoms with Crippen molar-refractivity contribution >= 4 is 22.2 Å². The molecule has 0 amide bonds. The molecule has 17 heavy (non-hydrogen) atoms. The Morgan fingerprint density at radius 2 is 2.24 bits per heavy atom. The van der Waals surface area contributed by atoms with Gasteiger partial charge in [0.05, 0.1) is 12.0 Å². The topological polar surface area (TPSA) is 81.5 Å². The van der Waals surface area contributed by atoms with Crippen molar-refractivity contribution in [1.82, 2.24) is 0 Å². The molecule has 6 nitrogen and oxygen atoms in total. The van der Waals surface area contributed by atoms with E-state index in [-0.39, 0.29) is 11.4 Å². The van der Waals surface area contributed by atoms with Crippen molar-refractivity contribution in [1.29, 1.82) is 0 Å². The van der Waals surface area contributed by atoms with Gasteiger partial charge in [0.2, 0.25) is 0 Å². The summed E-state index contributed by atoms with van der Waals surface area (Å²) in [6, 6.07) is 4.79. The zero-order valence-electron chi connectivity index (χ0n) is 9.63. The monoisotopic (exact) mass is 258 g/mol. The Hall–Kier alpha value is -1.63. The average Bonchev–Trinajstić information content (AvgIpc) is 2.27. The van der Waals surface area contributed by atoms with Gasteiger partial charge in [0, 0.05) is 29.4 Å². The molecule has 0 saturated carbocycles. The van der Waals surface area contributed by atoms with Crippen LogP contribution in [0.5, 0.6) is 5.75 Å². The van der Waals surface area contributed by atoms with Crippen LogP contribution in [0.15, 0.2) is 18.2 Å². The molecule has 0 heterocycles. The molecule has 0 aliphatic carbocycles. The number of anilines is 1. The number of ether oxygens (including phenoxy) is 1. The Labute approximate surface area is 102 Å². The molecule has 0 bridgehead atoms. The van der Waals surface area contributed by atoms with E-state index in [1.807, 2.05) is 0 Å². The number of hydrogen-bond acceptors (Lipinski definition) is 5. The first-order valence-corrected chi connectivity index (χ1v) is 6.64. The van der Waals surface area contributed by atoms with E-state index >= 15 is 0 Å². The lowest BCUT2D eigenvalue weighted by Crippen LogP contribution is -2.11. The van der Waals surface area contributed by atoms with Crippen molar-refractivity contribution in [2.45, 2.75) is 0 Å².